The van der Waals surface area contributed by atoms with E-state index in [2.05, 4.69) is 10.0 Å². The van der Waals surface area contributed by atoms with E-state index in [0.717, 1.165) is 16.7 Å². The van der Waals surface area contributed by atoms with Gasteiger partial charge in [-0.15, -0.1) is 0 Å². The van der Waals surface area contributed by atoms with Gasteiger partial charge in [0.2, 0.25) is 10.0 Å². The van der Waals surface area contributed by atoms with Crippen LogP contribution in [0.25, 0.3) is 0 Å². The summed E-state index contributed by atoms with van der Waals surface area (Å²) in [6.07, 6.45) is -0.243. The molecule has 0 atom stereocenters. The minimum Gasteiger partial charge on any atom is -0.456 e. The summed E-state index contributed by atoms with van der Waals surface area (Å²) < 4.78 is 46.3. The summed E-state index contributed by atoms with van der Waals surface area (Å²) >= 11 is 0. The van der Waals surface area contributed by atoms with Gasteiger partial charge in [0.25, 0.3) is 5.91 Å². The van der Waals surface area contributed by atoms with E-state index in [0.29, 0.717) is 16.7 Å². The number of aryl methyl sites for hydroxylation is 1. The van der Waals surface area contributed by atoms with Crippen LogP contribution in [0.5, 0.6) is 0 Å². The molecule has 2 rings (SSSR count). The van der Waals surface area contributed by atoms with E-state index >= 15 is 0 Å². The number of carbonyl (C=O) groups is 2. The van der Waals surface area contributed by atoms with E-state index in [-0.39, 0.29) is 23.5 Å². The first kappa shape index (κ1) is 25.5. The van der Waals surface area contributed by atoms with Gasteiger partial charge in [0, 0.05) is 12.2 Å². The summed E-state index contributed by atoms with van der Waals surface area (Å²) in [6, 6.07) is 3.96. The van der Waals surface area contributed by atoms with Gasteiger partial charge in [-0.2, -0.15) is 0 Å². The van der Waals surface area contributed by atoms with Crippen LogP contribution in [0.15, 0.2) is 23.1 Å². The van der Waals surface area contributed by atoms with Crippen LogP contribution in [0, 0.1) is 47.4 Å². The average molecular weight is 465 g/mol. The highest BCUT2D eigenvalue weighted by atomic mass is 32.2. The molecule has 0 aliphatic carbocycles. The van der Waals surface area contributed by atoms with Crippen molar-refractivity contribution in [3.05, 3.63) is 57.4 Å². The van der Waals surface area contributed by atoms with Gasteiger partial charge in [-0.3, -0.25) is 9.59 Å². The van der Waals surface area contributed by atoms with Crippen LogP contribution in [0.4, 0.5) is 10.1 Å². The smallest absolute Gasteiger partial charge is 0.307 e. The fourth-order valence-electron chi connectivity index (χ4n) is 3.36. The molecule has 1 amide bonds. The molecule has 2 aromatic carbocycles. The summed E-state index contributed by atoms with van der Waals surface area (Å²) in [4.78, 5) is 24.1. The van der Waals surface area contributed by atoms with Crippen molar-refractivity contribution in [3.63, 3.8) is 0 Å². The minimum atomic E-state index is -3.83. The molecule has 174 valence electrons. The van der Waals surface area contributed by atoms with E-state index in [9.17, 15) is 22.4 Å². The molecular weight excluding hydrogens is 435 g/mol. The summed E-state index contributed by atoms with van der Waals surface area (Å²) in [6.45, 7) is 10.2. The number of rotatable bonds is 8. The monoisotopic (exact) mass is 464 g/mol. The van der Waals surface area contributed by atoms with Gasteiger partial charge in [0.05, 0.1) is 11.3 Å². The maximum absolute atomic E-state index is 13.3. The summed E-state index contributed by atoms with van der Waals surface area (Å²) in [5.41, 5.74) is 5.16. The van der Waals surface area contributed by atoms with Gasteiger partial charge in [-0.1, -0.05) is 6.07 Å². The number of sulfonamides is 1. The number of nitrogens with one attached hydrogen (secondary N) is 2. The summed E-state index contributed by atoms with van der Waals surface area (Å²) in [5, 5.41) is 2.47. The highest BCUT2D eigenvalue weighted by molar-refractivity contribution is 7.89. The van der Waals surface area contributed by atoms with Crippen LogP contribution in [0.2, 0.25) is 0 Å². The fourth-order valence-corrected chi connectivity index (χ4v) is 4.99. The Bertz CT molecular complexity index is 1130. The van der Waals surface area contributed by atoms with E-state index < -0.39 is 34.3 Å². The highest BCUT2D eigenvalue weighted by Gasteiger charge is 2.23. The molecular formula is C23H29FN2O5S. The number of halogens is 1. The molecule has 0 fully saturated rings. The molecule has 32 heavy (non-hydrogen) atoms. The van der Waals surface area contributed by atoms with Crippen LogP contribution >= 0.6 is 0 Å². The van der Waals surface area contributed by atoms with Gasteiger partial charge in [-0.25, -0.2) is 17.5 Å². The first-order valence-electron chi connectivity index (χ1n) is 10.1. The number of esters is 1. The Balaban J connectivity index is 1.91. The number of anilines is 1. The van der Waals surface area contributed by atoms with E-state index in [1.807, 2.05) is 20.8 Å². The van der Waals surface area contributed by atoms with Crippen LogP contribution in [-0.2, 0) is 24.3 Å². The predicted molar refractivity (Wildman–Crippen MR) is 121 cm³/mol. The normalized spacial score (nSPS) is 11.3. The third-order valence-electron chi connectivity index (χ3n) is 5.66. The molecule has 0 spiro atoms. The topological polar surface area (TPSA) is 102 Å². The number of benzene rings is 2. The van der Waals surface area contributed by atoms with Gasteiger partial charge in [0.15, 0.2) is 6.61 Å². The van der Waals surface area contributed by atoms with Crippen LogP contribution in [-0.4, -0.2) is 33.4 Å². The number of hydrogen-bond donors (Lipinski definition) is 2. The predicted octanol–water partition coefficient (Wildman–Crippen LogP) is 3.53. The molecule has 0 aliphatic heterocycles. The van der Waals surface area contributed by atoms with E-state index in [4.69, 9.17) is 4.74 Å². The molecule has 0 saturated heterocycles. The largest absolute Gasteiger partial charge is 0.456 e. The van der Waals surface area contributed by atoms with Gasteiger partial charge in [0.1, 0.15) is 5.82 Å². The Kier molecular flexibility index (Phi) is 8.14. The van der Waals surface area contributed by atoms with Crippen molar-refractivity contribution in [3.8, 4) is 0 Å². The quantitative estimate of drug-likeness (QED) is 0.582. The van der Waals surface area contributed by atoms with Crippen molar-refractivity contribution in [2.75, 3.05) is 18.5 Å². The molecule has 2 N–H and O–H groups in total. The van der Waals surface area contributed by atoms with Crippen molar-refractivity contribution >= 4 is 27.6 Å². The minimum absolute atomic E-state index is 0.170. The summed E-state index contributed by atoms with van der Waals surface area (Å²) in [7, 11) is -3.83. The number of hydrogen-bond acceptors (Lipinski definition) is 5. The molecule has 0 aliphatic rings. The second kappa shape index (κ2) is 10.2. The highest BCUT2D eigenvalue weighted by Crippen LogP contribution is 2.29. The number of carbonyl (C=O) groups excluding carboxylic acids is 2. The lowest BCUT2D eigenvalue weighted by Crippen LogP contribution is -2.29. The molecule has 0 radical (unpaired) electrons. The van der Waals surface area contributed by atoms with Crippen LogP contribution in [0.3, 0.4) is 0 Å². The molecule has 0 saturated carbocycles. The third kappa shape index (κ3) is 5.92. The average Bonchev–Trinajstić information content (AvgIpc) is 2.71. The molecule has 7 nitrogen and oxygen atoms in total. The standard InChI is InChI=1S/C23H29FN2O5S/c1-13-7-8-19(24)11-20(13)26-21(27)12-31-22(28)9-10-25-32(29,30)23-17(5)15(3)14(2)16(4)18(23)6/h7-8,11,25H,9-10,12H2,1-6H3,(H,26,27). The number of amides is 1. The molecule has 9 heteroatoms. The maximum Gasteiger partial charge on any atom is 0.307 e. The molecule has 2 aromatic rings. The van der Waals surface area contributed by atoms with Crippen LogP contribution in [0.1, 0.15) is 39.8 Å². The Labute approximate surface area is 188 Å². The third-order valence-corrected chi connectivity index (χ3v) is 7.39. The SMILES string of the molecule is Cc1ccc(F)cc1NC(=O)COC(=O)CCNS(=O)(=O)c1c(C)c(C)c(C)c(C)c1C. The second-order valence-corrected chi connectivity index (χ2v) is 9.47. The second-order valence-electron chi connectivity index (χ2n) is 7.77. The lowest BCUT2D eigenvalue weighted by Gasteiger charge is -2.19. The Morgan fingerprint density at radius 3 is 2.09 bits per heavy atom. The lowest BCUT2D eigenvalue weighted by atomic mass is 9.95. The fraction of sp³-hybridized carbons (Fsp3) is 0.391. The first-order valence-corrected chi connectivity index (χ1v) is 11.6. The van der Waals surface area contributed by atoms with Crippen molar-refractivity contribution in [2.24, 2.45) is 0 Å². The Hall–Kier alpha value is -2.78. The van der Waals surface area contributed by atoms with Crippen molar-refractivity contribution in [2.45, 2.75) is 52.9 Å². The number of ether oxygens (including phenoxy) is 1. The zero-order valence-corrected chi connectivity index (χ0v) is 20.0. The van der Waals surface area contributed by atoms with E-state index in [1.54, 1.807) is 20.8 Å². The van der Waals surface area contributed by atoms with Crippen LogP contribution < -0.4 is 10.0 Å². The molecule has 0 unspecified atom stereocenters. The van der Waals surface area contributed by atoms with Crippen molar-refractivity contribution in [1.29, 1.82) is 0 Å². The van der Waals surface area contributed by atoms with E-state index in [1.165, 1.54) is 18.2 Å². The molecule has 0 aromatic heterocycles. The lowest BCUT2D eigenvalue weighted by molar-refractivity contribution is -0.147. The van der Waals surface area contributed by atoms with Gasteiger partial charge >= 0.3 is 5.97 Å². The van der Waals surface area contributed by atoms with Gasteiger partial charge in [-0.05, 0) is 87.1 Å². The zero-order valence-electron chi connectivity index (χ0n) is 19.2. The first-order chi connectivity index (χ1) is 14.8. The van der Waals surface area contributed by atoms with Gasteiger partial charge < -0.3 is 10.1 Å². The van der Waals surface area contributed by atoms with Crippen molar-refractivity contribution in [1.82, 2.24) is 4.72 Å². The molecule has 0 bridgehead atoms. The maximum atomic E-state index is 13.3. The zero-order chi connectivity index (χ0) is 24.2. The Morgan fingerprint density at radius 2 is 1.50 bits per heavy atom. The summed E-state index contributed by atoms with van der Waals surface area (Å²) in [5.74, 6) is -1.85. The molecule has 0 heterocycles. The van der Waals surface area contributed by atoms with Crippen molar-refractivity contribution < 1.29 is 27.1 Å². The Morgan fingerprint density at radius 1 is 0.938 bits per heavy atom.